The van der Waals surface area contributed by atoms with Crippen LogP contribution in [0.3, 0.4) is 0 Å². The number of amides is 5. The molecule has 15 nitrogen and oxygen atoms in total. The number of hydrogen-bond acceptors (Lipinski definition) is 10. The van der Waals surface area contributed by atoms with E-state index in [2.05, 4.69) is 20.7 Å². The number of carbonyl (C=O) groups is 5. The van der Waals surface area contributed by atoms with E-state index in [1.165, 1.54) is 15.9 Å². The van der Waals surface area contributed by atoms with Crippen LogP contribution < -0.4 is 20.7 Å². The van der Waals surface area contributed by atoms with E-state index in [4.69, 9.17) is 4.74 Å². The molecule has 5 amide bonds. The van der Waals surface area contributed by atoms with Crippen molar-refractivity contribution in [3.05, 3.63) is 65.0 Å². The fourth-order valence-electron chi connectivity index (χ4n) is 8.17. The molecular weight excluding hydrogens is 770 g/mol. The molecule has 3 aliphatic heterocycles. The predicted molar refractivity (Wildman–Crippen MR) is 214 cm³/mol. The number of likely N-dealkylation sites (tertiary alicyclic amines) is 1. The van der Waals surface area contributed by atoms with Gasteiger partial charge in [0.05, 0.1) is 18.3 Å². The SMILES string of the molecule is C.CC[C@@H]1C[C@]1(NC(=O)[C@@H]1C[C@@H](OC(=O)N2Cc3cccc(F)c3C2)CN1C(=O)[C@@H](Nc1cccc(C(=O)N2CCNCC2)c1)C(C)(C)C)C(=O)NS(=O)(=O)C1CC1. The second kappa shape index (κ2) is 16.5. The molecule has 0 unspecified atom stereocenters. The molecule has 3 heterocycles. The zero-order valence-corrected chi connectivity index (χ0v) is 33.6. The molecule has 0 spiro atoms. The first-order valence-corrected chi connectivity index (χ1v) is 21.3. The highest BCUT2D eigenvalue weighted by molar-refractivity contribution is 7.91. The zero-order valence-electron chi connectivity index (χ0n) is 32.8. The summed E-state index contributed by atoms with van der Waals surface area (Å²) < 4.78 is 48.1. The molecule has 2 saturated carbocycles. The summed E-state index contributed by atoms with van der Waals surface area (Å²) in [6.07, 6.45) is -0.133. The second-order valence-electron chi connectivity index (χ2n) is 17.0. The van der Waals surface area contributed by atoms with Gasteiger partial charge in [0.1, 0.15) is 29.5 Å². The van der Waals surface area contributed by atoms with Gasteiger partial charge in [0.25, 0.3) is 11.8 Å². The van der Waals surface area contributed by atoms with Crippen LogP contribution in [0, 0.1) is 17.2 Å². The number of sulfonamides is 1. The van der Waals surface area contributed by atoms with Gasteiger partial charge in [-0.25, -0.2) is 17.6 Å². The number of ether oxygens (including phenoxy) is 1. The van der Waals surface area contributed by atoms with Gasteiger partial charge in [0, 0.05) is 56.0 Å². The molecule has 17 heteroatoms. The number of nitrogens with zero attached hydrogens (tertiary/aromatic N) is 3. The third kappa shape index (κ3) is 8.79. The van der Waals surface area contributed by atoms with Crippen LogP contribution in [0.25, 0.3) is 0 Å². The molecule has 4 fully saturated rings. The van der Waals surface area contributed by atoms with Crippen LogP contribution in [0.4, 0.5) is 14.9 Å². The first-order valence-electron chi connectivity index (χ1n) is 19.8. The molecule has 0 bridgehead atoms. The number of fused-ring (bicyclic) bond motifs is 1. The van der Waals surface area contributed by atoms with E-state index in [9.17, 15) is 36.8 Å². The third-order valence-corrected chi connectivity index (χ3v) is 13.6. The number of rotatable bonds is 11. The average Bonchev–Trinajstić information content (AvgIpc) is 4.07. The number of benzene rings is 2. The lowest BCUT2D eigenvalue weighted by molar-refractivity contribution is -0.141. The smallest absolute Gasteiger partial charge is 0.410 e. The van der Waals surface area contributed by atoms with E-state index < -0.39 is 74.0 Å². The number of carbonyl (C=O) groups excluding carboxylic acids is 5. The van der Waals surface area contributed by atoms with Gasteiger partial charge in [-0.2, -0.15) is 0 Å². The summed E-state index contributed by atoms with van der Waals surface area (Å²) in [6.45, 7) is 9.95. The van der Waals surface area contributed by atoms with Gasteiger partial charge in [-0.15, -0.1) is 0 Å². The lowest BCUT2D eigenvalue weighted by Crippen LogP contribution is -2.58. The van der Waals surface area contributed by atoms with E-state index in [0.29, 0.717) is 67.8 Å². The van der Waals surface area contributed by atoms with Gasteiger partial charge in [0.2, 0.25) is 21.8 Å². The predicted octanol–water partition coefficient (Wildman–Crippen LogP) is 3.35. The number of piperazine rings is 1. The molecule has 0 aromatic heterocycles. The summed E-state index contributed by atoms with van der Waals surface area (Å²) >= 11 is 0. The fraction of sp³-hybridized carbons (Fsp3) is 0.585. The Morgan fingerprint density at radius 3 is 2.36 bits per heavy atom. The van der Waals surface area contributed by atoms with Crippen molar-refractivity contribution in [1.82, 2.24) is 30.1 Å². The van der Waals surface area contributed by atoms with Crippen molar-refractivity contribution in [2.45, 2.75) is 109 Å². The van der Waals surface area contributed by atoms with Crippen LogP contribution in [0.2, 0.25) is 0 Å². The Kier molecular flexibility index (Phi) is 12.2. The molecule has 7 rings (SSSR count). The van der Waals surface area contributed by atoms with Crippen LogP contribution in [0.1, 0.15) is 88.7 Å². The largest absolute Gasteiger partial charge is 0.444 e. The highest BCUT2D eigenvalue weighted by Gasteiger charge is 2.62. The molecule has 316 valence electrons. The van der Waals surface area contributed by atoms with Crippen LogP contribution in [-0.2, 0) is 42.2 Å². The van der Waals surface area contributed by atoms with E-state index in [-0.39, 0.29) is 51.7 Å². The van der Waals surface area contributed by atoms with Gasteiger partial charge >= 0.3 is 6.09 Å². The van der Waals surface area contributed by atoms with Crippen molar-refractivity contribution in [2.24, 2.45) is 11.3 Å². The minimum absolute atomic E-state index is 0. The monoisotopic (exact) mass is 825 g/mol. The summed E-state index contributed by atoms with van der Waals surface area (Å²) in [5, 5.41) is 8.74. The first-order chi connectivity index (χ1) is 27.0. The lowest BCUT2D eigenvalue weighted by atomic mass is 9.85. The van der Waals surface area contributed by atoms with Gasteiger partial charge in [0.15, 0.2) is 0 Å². The Morgan fingerprint density at radius 2 is 1.72 bits per heavy atom. The zero-order chi connectivity index (χ0) is 40.9. The van der Waals surface area contributed by atoms with Crippen molar-refractivity contribution >= 4 is 45.4 Å². The lowest BCUT2D eigenvalue weighted by Gasteiger charge is -2.36. The molecular formula is C41H56FN7O8S. The average molecular weight is 826 g/mol. The third-order valence-electron chi connectivity index (χ3n) is 11.8. The van der Waals surface area contributed by atoms with Crippen LogP contribution in [0.5, 0.6) is 0 Å². The van der Waals surface area contributed by atoms with Crippen molar-refractivity contribution in [3.63, 3.8) is 0 Å². The summed E-state index contributed by atoms with van der Waals surface area (Å²) in [4.78, 5) is 74.1. The summed E-state index contributed by atoms with van der Waals surface area (Å²) in [5.74, 6) is -2.84. The molecule has 5 aliphatic rings. The normalized spacial score (nSPS) is 24.6. The Hall–Kier alpha value is -4.77. The Morgan fingerprint density at radius 1 is 1.02 bits per heavy atom. The van der Waals surface area contributed by atoms with Crippen LogP contribution in [0.15, 0.2) is 42.5 Å². The van der Waals surface area contributed by atoms with Crippen molar-refractivity contribution in [2.75, 3.05) is 38.0 Å². The van der Waals surface area contributed by atoms with Crippen molar-refractivity contribution in [1.29, 1.82) is 0 Å². The quantitative estimate of drug-likeness (QED) is 0.262. The maximum Gasteiger partial charge on any atom is 0.410 e. The standard InChI is InChI=1S/C40H52FN7O8S.CH4/c1-5-26-20-40(26,37(52)45-57(54,55)29-12-13-29)44-34(49)32-19-28(56-38(53)47-21-25-9-7-11-31(41)30(25)23-47)22-48(32)36(51)33(39(2,3)4)43-27-10-6-8-24(18-27)35(50)46-16-14-42-15-17-46;/h6-11,18,26,28-29,32-33,42-43H,5,12-17,19-23H2,1-4H3,(H,44,49)(H,45,52);1H4/t26-,28-,32+,33-,40-;/m1./s1. The highest BCUT2D eigenvalue weighted by atomic mass is 32.2. The fourth-order valence-corrected chi connectivity index (χ4v) is 9.54. The molecule has 0 radical (unpaired) electrons. The molecule has 4 N–H and O–H groups in total. The number of nitrogens with one attached hydrogen (secondary N) is 4. The van der Waals surface area contributed by atoms with E-state index in [1.54, 1.807) is 41.3 Å². The van der Waals surface area contributed by atoms with E-state index >= 15 is 0 Å². The van der Waals surface area contributed by atoms with Gasteiger partial charge in [-0.1, -0.05) is 59.7 Å². The van der Waals surface area contributed by atoms with Gasteiger partial charge < -0.3 is 30.5 Å². The van der Waals surface area contributed by atoms with Gasteiger partial charge in [-0.3, -0.25) is 28.8 Å². The molecule has 5 atom stereocenters. The topological polar surface area (TPSA) is 187 Å². The molecule has 2 aliphatic carbocycles. The Balaban J connectivity index is 0.00000567. The summed E-state index contributed by atoms with van der Waals surface area (Å²) in [6, 6.07) is 9.42. The maximum atomic E-state index is 14.8. The van der Waals surface area contributed by atoms with E-state index in [1.807, 2.05) is 27.7 Å². The first kappa shape index (κ1) is 42.8. The van der Waals surface area contributed by atoms with E-state index in [0.717, 1.165) is 0 Å². The molecule has 58 heavy (non-hydrogen) atoms. The highest BCUT2D eigenvalue weighted by Crippen LogP contribution is 2.47. The Labute approximate surface area is 339 Å². The van der Waals surface area contributed by atoms with Crippen LogP contribution in [-0.4, -0.2) is 115 Å². The molecule has 2 saturated heterocycles. The summed E-state index contributed by atoms with van der Waals surface area (Å²) in [5.41, 5.74) is -0.189. The molecule has 2 aromatic rings. The number of halogens is 1. The maximum absolute atomic E-state index is 14.8. The van der Waals surface area contributed by atoms with Gasteiger partial charge in [-0.05, 0) is 60.4 Å². The van der Waals surface area contributed by atoms with Crippen molar-refractivity contribution < 1.29 is 41.5 Å². The minimum Gasteiger partial charge on any atom is -0.444 e. The van der Waals surface area contributed by atoms with Crippen LogP contribution >= 0.6 is 0 Å². The number of hydrogen-bond donors (Lipinski definition) is 4. The second-order valence-corrected chi connectivity index (χ2v) is 19.0. The Bertz CT molecular complexity index is 2050. The van der Waals surface area contributed by atoms with Crippen molar-refractivity contribution in [3.8, 4) is 0 Å². The summed E-state index contributed by atoms with van der Waals surface area (Å²) in [7, 11) is -3.90. The minimum atomic E-state index is -3.90. The molecule has 2 aromatic carbocycles. The number of anilines is 1.